The molecule has 0 aliphatic heterocycles. The molecule has 2 heterocycles. The molecule has 0 radical (unpaired) electrons. The van der Waals surface area contributed by atoms with Crippen molar-refractivity contribution in [2.75, 3.05) is 7.11 Å². The van der Waals surface area contributed by atoms with Crippen LogP contribution in [0.5, 0.6) is 0 Å². The Bertz CT molecular complexity index is 609. The molecule has 16 heavy (non-hydrogen) atoms. The van der Waals surface area contributed by atoms with E-state index in [1.807, 2.05) is 0 Å². The molecule has 2 aromatic rings. The molecule has 82 valence electrons. The fourth-order valence-corrected chi connectivity index (χ4v) is 1.18. The second kappa shape index (κ2) is 4.01. The normalized spacial score (nSPS) is 11.1. The number of ether oxygens (including phenoxy) is 1. The number of H-pyrrole nitrogens is 1. The van der Waals surface area contributed by atoms with Gasteiger partial charge >= 0.3 is 11.7 Å². The van der Waals surface area contributed by atoms with Crippen LogP contribution in [-0.2, 0) is 9.53 Å². The van der Waals surface area contributed by atoms with Crippen LogP contribution >= 0.6 is 0 Å². The van der Waals surface area contributed by atoms with Crippen molar-refractivity contribution in [3.05, 3.63) is 34.5 Å². The van der Waals surface area contributed by atoms with Crippen molar-refractivity contribution < 1.29 is 13.9 Å². The highest BCUT2D eigenvalue weighted by atomic mass is 16.5. The summed E-state index contributed by atoms with van der Waals surface area (Å²) in [7, 11) is 1.29. The summed E-state index contributed by atoms with van der Waals surface area (Å²) in [6.07, 6.45) is 4.28. The molecular formula is C10H8N2O4. The highest BCUT2D eigenvalue weighted by molar-refractivity contribution is 5.87. The zero-order chi connectivity index (χ0) is 11.5. The molecule has 0 aromatic carbocycles. The molecule has 0 aliphatic carbocycles. The molecule has 1 N–H and O–H groups in total. The van der Waals surface area contributed by atoms with Crippen molar-refractivity contribution in [1.82, 2.24) is 9.97 Å². The van der Waals surface area contributed by atoms with Crippen molar-refractivity contribution >= 4 is 23.3 Å². The van der Waals surface area contributed by atoms with Crippen molar-refractivity contribution in [2.24, 2.45) is 0 Å². The third-order valence-electron chi connectivity index (χ3n) is 1.91. The molecular weight excluding hydrogens is 212 g/mol. The number of aromatic nitrogens is 2. The summed E-state index contributed by atoms with van der Waals surface area (Å²) in [5, 5.41) is 0. The van der Waals surface area contributed by atoms with Crippen molar-refractivity contribution in [1.29, 1.82) is 0 Å². The lowest BCUT2D eigenvalue weighted by molar-refractivity contribution is -0.134. The second-order valence-corrected chi connectivity index (χ2v) is 2.99. The van der Waals surface area contributed by atoms with Gasteiger partial charge in [-0.3, -0.25) is 4.98 Å². The van der Waals surface area contributed by atoms with Crippen LogP contribution in [-0.4, -0.2) is 23.0 Å². The summed E-state index contributed by atoms with van der Waals surface area (Å²) in [6, 6.07) is 1.60. The molecule has 0 amide bonds. The summed E-state index contributed by atoms with van der Waals surface area (Å²) in [5.74, 6) is -1.02. The van der Waals surface area contributed by atoms with Gasteiger partial charge in [0.15, 0.2) is 11.2 Å². The van der Waals surface area contributed by atoms with Gasteiger partial charge in [-0.15, -0.1) is 0 Å². The molecule has 2 rings (SSSR count). The maximum atomic E-state index is 10.9. The number of fused-ring (bicyclic) bond motifs is 1. The number of esters is 1. The van der Waals surface area contributed by atoms with E-state index in [-0.39, 0.29) is 0 Å². The topological polar surface area (TPSA) is 85.2 Å². The van der Waals surface area contributed by atoms with E-state index in [4.69, 9.17) is 4.42 Å². The van der Waals surface area contributed by atoms with Crippen molar-refractivity contribution in [2.45, 2.75) is 0 Å². The predicted molar refractivity (Wildman–Crippen MR) is 55.7 cm³/mol. The molecule has 0 atom stereocenters. The van der Waals surface area contributed by atoms with Crippen LogP contribution in [0.1, 0.15) is 5.56 Å². The van der Waals surface area contributed by atoms with E-state index in [1.165, 1.54) is 25.5 Å². The maximum Gasteiger partial charge on any atom is 0.418 e. The Labute approximate surface area is 89.6 Å². The van der Waals surface area contributed by atoms with Gasteiger partial charge in [0, 0.05) is 12.3 Å². The van der Waals surface area contributed by atoms with Gasteiger partial charge in [-0.2, -0.15) is 0 Å². The number of pyridine rings is 1. The Morgan fingerprint density at radius 1 is 1.62 bits per heavy atom. The quantitative estimate of drug-likeness (QED) is 0.594. The summed E-state index contributed by atoms with van der Waals surface area (Å²) in [5.41, 5.74) is 1.36. The average Bonchev–Trinajstić information content (AvgIpc) is 2.65. The second-order valence-electron chi connectivity index (χ2n) is 2.99. The lowest BCUT2D eigenvalue weighted by Gasteiger charge is -1.92. The zero-order valence-electron chi connectivity index (χ0n) is 8.39. The number of aromatic amines is 1. The van der Waals surface area contributed by atoms with Gasteiger partial charge in [-0.05, 0) is 17.7 Å². The highest BCUT2D eigenvalue weighted by Crippen LogP contribution is 2.10. The first-order valence-electron chi connectivity index (χ1n) is 4.44. The van der Waals surface area contributed by atoms with Crippen molar-refractivity contribution in [3.63, 3.8) is 0 Å². The molecule has 2 aromatic heterocycles. The summed E-state index contributed by atoms with van der Waals surface area (Å²) in [4.78, 5) is 28.1. The van der Waals surface area contributed by atoms with Crippen LogP contribution in [0.25, 0.3) is 17.3 Å². The summed E-state index contributed by atoms with van der Waals surface area (Å²) < 4.78 is 9.26. The van der Waals surface area contributed by atoms with E-state index in [9.17, 15) is 9.59 Å². The molecule has 0 spiro atoms. The van der Waals surface area contributed by atoms with Crippen LogP contribution in [0.4, 0.5) is 0 Å². The lowest BCUT2D eigenvalue weighted by Crippen LogP contribution is -1.93. The first-order chi connectivity index (χ1) is 7.69. The molecule has 0 saturated heterocycles. The monoisotopic (exact) mass is 220 g/mol. The molecule has 6 nitrogen and oxygen atoms in total. The van der Waals surface area contributed by atoms with Gasteiger partial charge in [0.2, 0.25) is 0 Å². The van der Waals surface area contributed by atoms with E-state index in [2.05, 4.69) is 14.7 Å². The number of nitrogens with one attached hydrogen (secondary N) is 1. The van der Waals surface area contributed by atoms with E-state index in [0.29, 0.717) is 16.8 Å². The lowest BCUT2D eigenvalue weighted by atomic mass is 10.2. The first kappa shape index (κ1) is 10.2. The van der Waals surface area contributed by atoms with Crippen molar-refractivity contribution in [3.8, 4) is 0 Å². The van der Waals surface area contributed by atoms with Crippen LogP contribution in [0, 0.1) is 0 Å². The largest absolute Gasteiger partial charge is 0.466 e. The van der Waals surface area contributed by atoms with E-state index < -0.39 is 11.7 Å². The number of rotatable bonds is 2. The Morgan fingerprint density at radius 3 is 3.19 bits per heavy atom. The number of carbonyl (C=O) groups excluding carboxylic acids is 1. The van der Waals surface area contributed by atoms with Crippen LogP contribution in [0.2, 0.25) is 0 Å². The minimum absolute atomic E-state index is 0.344. The van der Waals surface area contributed by atoms with Gasteiger partial charge in [0.25, 0.3) is 0 Å². The average molecular weight is 220 g/mol. The summed E-state index contributed by atoms with van der Waals surface area (Å²) >= 11 is 0. The standard InChI is InChI=1S/C10H8N2O4/c1-15-8(13)3-2-6-4-7-9(11-5-6)12-10(14)16-7/h2-5H,1H3,(H,11,12,14). The highest BCUT2D eigenvalue weighted by Gasteiger charge is 2.02. The number of methoxy groups -OCH3 is 1. The molecule has 0 unspecified atom stereocenters. The minimum atomic E-state index is -0.559. The third kappa shape index (κ3) is 2.00. The maximum absolute atomic E-state index is 10.9. The number of hydrogen-bond acceptors (Lipinski definition) is 5. The number of carbonyl (C=O) groups is 1. The molecule has 0 bridgehead atoms. The third-order valence-corrected chi connectivity index (χ3v) is 1.91. The molecule has 0 fully saturated rings. The molecule has 0 saturated carbocycles. The van der Waals surface area contributed by atoms with E-state index in [1.54, 1.807) is 6.07 Å². The van der Waals surface area contributed by atoms with Gasteiger partial charge in [0.1, 0.15) is 0 Å². The fourth-order valence-electron chi connectivity index (χ4n) is 1.18. The minimum Gasteiger partial charge on any atom is -0.466 e. The number of nitrogens with zero attached hydrogens (tertiary/aromatic N) is 1. The Hall–Kier alpha value is -2.37. The number of oxazole rings is 1. The van der Waals surface area contributed by atoms with Crippen LogP contribution in [0.15, 0.2) is 27.6 Å². The Morgan fingerprint density at radius 2 is 2.44 bits per heavy atom. The fraction of sp³-hybridized carbons (Fsp3) is 0.100. The van der Waals surface area contributed by atoms with Crippen LogP contribution in [0.3, 0.4) is 0 Å². The van der Waals surface area contributed by atoms with Gasteiger partial charge < -0.3 is 9.15 Å². The van der Waals surface area contributed by atoms with E-state index >= 15 is 0 Å². The predicted octanol–water partition coefficient (Wildman–Crippen LogP) is 0.702. The van der Waals surface area contributed by atoms with Gasteiger partial charge in [0.05, 0.1) is 7.11 Å². The van der Waals surface area contributed by atoms with E-state index in [0.717, 1.165) is 0 Å². The molecule has 6 heteroatoms. The summed E-state index contributed by atoms with van der Waals surface area (Å²) in [6.45, 7) is 0. The molecule has 0 aliphatic rings. The first-order valence-corrected chi connectivity index (χ1v) is 4.44. The van der Waals surface area contributed by atoms with Gasteiger partial charge in [-0.25, -0.2) is 14.6 Å². The smallest absolute Gasteiger partial charge is 0.418 e. The SMILES string of the molecule is COC(=O)C=Cc1cnc2[nH]c(=O)oc2c1. The Kier molecular flexibility index (Phi) is 2.55. The van der Waals surface area contributed by atoms with Gasteiger partial charge in [-0.1, -0.05) is 0 Å². The number of hydrogen-bond donors (Lipinski definition) is 1. The zero-order valence-corrected chi connectivity index (χ0v) is 8.39. The van der Waals surface area contributed by atoms with Crippen LogP contribution < -0.4 is 5.76 Å². The Balaban J connectivity index is 2.35.